The van der Waals surface area contributed by atoms with Crippen LogP contribution in [0, 0.1) is 6.92 Å². The first-order valence-corrected chi connectivity index (χ1v) is 11.6. The van der Waals surface area contributed by atoms with Crippen LogP contribution < -0.4 is 0 Å². The summed E-state index contributed by atoms with van der Waals surface area (Å²) in [6.45, 7) is 9.65. The predicted molar refractivity (Wildman–Crippen MR) is 98.0 cm³/mol. The Labute approximate surface area is 128 Å². The lowest BCUT2D eigenvalue weighted by Gasteiger charge is -2.19. The monoisotopic (exact) mass is 292 g/mol. The van der Waals surface area contributed by atoms with Crippen molar-refractivity contribution in [3.05, 3.63) is 59.7 Å². The van der Waals surface area contributed by atoms with Crippen molar-refractivity contribution in [2.45, 2.75) is 39.0 Å². The second kappa shape index (κ2) is 5.30. The van der Waals surface area contributed by atoms with Crippen molar-refractivity contribution in [2.24, 2.45) is 0 Å². The molecule has 0 amide bonds. The van der Waals surface area contributed by atoms with Crippen molar-refractivity contribution in [1.82, 2.24) is 0 Å². The number of hydrogen-bond acceptors (Lipinski definition) is 0. The summed E-state index contributed by atoms with van der Waals surface area (Å²) in [5.41, 5.74) is 2.96. The van der Waals surface area contributed by atoms with Crippen molar-refractivity contribution < 1.29 is 0 Å². The molecule has 108 valence electrons. The fraction of sp³-hybridized carbons (Fsp3) is 0.300. The molecule has 0 aromatic heterocycles. The topological polar surface area (TPSA) is 0 Å². The number of rotatable bonds is 3. The first-order chi connectivity index (χ1) is 9.97. The lowest BCUT2D eigenvalue weighted by molar-refractivity contribution is 1.12. The first-order valence-electron chi connectivity index (χ1n) is 7.86. The van der Waals surface area contributed by atoms with E-state index in [1.54, 1.807) is 5.56 Å². The van der Waals surface area contributed by atoms with Gasteiger partial charge in [-0.15, -0.1) is 0 Å². The van der Waals surface area contributed by atoms with Crippen LogP contribution in [-0.4, -0.2) is 8.07 Å². The molecule has 0 saturated heterocycles. The Bertz CT molecular complexity index is 737. The zero-order valence-corrected chi connectivity index (χ0v) is 14.5. The van der Waals surface area contributed by atoms with E-state index in [9.17, 15) is 0 Å². The summed E-state index contributed by atoms with van der Waals surface area (Å²) in [5, 5.41) is 5.74. The van der Waals surface area contributed by atoms with Gasteiger partial charge in [-0.3, -0.25) is 0 Å². The molecule has 0 saturated carbocycles. The van der Waals surface area contributed by atoms with Gasteiger partial charge in [-0.05, 0) is 46.0 Å². The van der Waals surface area contributed by atoms with Crippen LogP contribution in [0.3, 0.4) is 0 Å². The van der Waals surface area contributed by atoms with Gasteiger partial charge in [-0.1, -0.05) is 74.2 Å². The molecule has 21 heavy (non-hydrogen) atoms. The van der Waals surface area contributed by atoms with Gasteiger partial charge in [0.1, 0.15) is 0 Å². The highest BCUT2D eigenvalue weighted by atomic mass is 28.3. The van der Waals surface area contributed by atoms with Crippen LogP contribution in [0.15, 0.2) is 48.5 Å². The van der Waals surface area contributed by atoms with E-state index < -0.39 is 8.07 Å². The van der Waals surface area contributed by atoms with Crippen LogP contribution in [0.2, 0.25) is 25.7 Å². The van der Waals surface area contributed by atoms with Gasteiger partial charge in [0.05, 0.1) is 0 Å². The molecule has 0 radical (unpaired) electrons. The number of fused-ring (bicyclic) bond motifs is 2. The van der Waals surface area contributed by atoms with Gasteiger partial charge in [-0.2, -0.15) is 0 Å². The van der Waals surface area contributed by atoms with Crippen LogP contribution in [0.5, 0.6) is 0 Å². The summed E-state index contributed by atoms with van der Waals surface area (Å²) in [6, 6.07) is 19.2. The highest BCUT2D eigenvalue weighted by Gasteiger charge is 2.16. The van der Waals surface area contributed by atoms with Crippen LogP contribution in [-0.2, 0) is 6.42 Å². The third kappa shape index (κ3) is 2.75. The molecule has 1 heteroatoms. The van der Waals surface area contributed by atoms with Crippen LogP contribution in [0.25, 0.3) is 21.5 Å². The standard InChI is InChI=1S/C20H24Si/c1-15-16-9-5-7-11-18(16)20(13-14-21(2,3)4)19-12-8-6-10-17(15)19/h5-12H,13-14H2,1-4H3. The van der Waals surface area contributed by atoms with Crippen LogP contribution in [0.1, 0.15) is 11.1 Å². The second-order valence-corrected chi connectivity index (χ2v) is 12.9. The third-order valence-corrected chi connectivity index (χ3v) is 6.19. The molecule has 0 fully saturated rings. The zero-order valence-electron chi connectivity index (χ0n) is 13.5. The zero-order chi connectivity index (χ0) is 15.0. The molecule has 0 unspecified atom stereocenters. The van der Waals surface area contributed by atoms with Gasteiger partial charge in [0, 0.05) is 8.07 Å². The average Bonchev–Trinajstić information content (AvgIpc) is 2.46. The average molecular weight is 292 g/mol. The minimum atomic E-state index is -1.03. The fourth-order valence-electron chi connectivity index (χ4n) is 3.21. The molecular formula is C20H24Si. The summed E-state index contributed by atoms with van der Waals surface area (Å²) >= 11 is 0. The largest absolute Gasteiger partial charge is 0.0695 e. The van der Waals surface area contributed by atoms with Gasteiger partial charge >= 0.3 is 0 Å². The molecule has 3 aromatic rings. The molecular weight excluding hydrogens is 268 g/mol. The van der Waals surface area contributed by atoms with Crippen molar-refractivity contribution >= 4 is 29.6 Å². The summed E-state index contributed by atoms with van der Waals surface area (Å²) in [7, 11) is -1.03. The Balaban J connectivity index is 2.29. The molecule has 0 bridgehead atoms. The maximum absolute atomic E-state index is 2.46. The van der Waals surface area contributed by atoms with E-state index in [0.717, 1.165) is 0 Å². The number of aryl methyl sites for hydroxylation is 2. The normalized spacial score (nSPS) is 12.2. The molecule has 3 aromatic carbocycles. The molecule has 0 aliphatic carbocycles. The van der Waals surface area contributed by atoms with Gasteiger partial charge in [0.25, 0.3) is 0 Å². The Hall–Kier alpha value is -1.60. The summed E-state index contributed by atoms with van der Waals surface area (Å²) in [4.78, 5) is 0. The predicted octanol–water partition coefficient (Wildman–Crippen LogP) is 6.18. The van der Waals surface area contributed by atoms with E-state index in [-0.39, 0.29) is 0 Å². The molecule has 3 rings (SSSR count). The molecule has 0 aliphatic rings. The quantitative estimate of drug-likeness (QED) is 0.399. The Morgan fingerprint density at radius 1 is 0.714 bits per heavy atom. The highest BCUT2D eigenvalue weighted by molar-refractivity contribution is 6.76. The molecule has 0 spiro atoms. The van der Waals surface area contributed by atoms with Crippen molar-refractivity contribution in [3.63, 3.8) is 0 Å². The minimum absolute atomic E-state index is 1.03. The molecule has 0 atom stereocenters. The van der Waals surface area contributed by atoms with Crippen molar-refractivity contribution in [3.8, 4) is 0 Å². The van der Waals surface area contributed by atoms with Gasteiger partial charge in [0.2, 0.25) is 0 Å². The maximum Gasteiger partial charge on any atom is 0.0445 e. The fourth-order valence-corrected chi connectivity index (χ4v) is 4.21. The lowest BCUT2D eigenvalue weighted by atomic mass is 9.91. The number of benzene rings is 3. The number of hydrogen-bond donors (Lipinski definition) is 0. The van der Waals surface area contributed by atoms with Gasteiger partial charge in [-0.25, -0.2) is 0 Å². The van der Waals surface area contributed by atoms with E-state index in [0.29, 0.717) is 0 Å². The minimum Gasteiger partial charge on any atom is -0.0695 e. The second-order valence-electron chi connectivity index (χ2n) is 7.26. The SMILES string of the molecule is Cc1c2ccccc2c(CC[Si](C)(C)C)c2ccccc12. The van der Waals surface area contributed by atoms with Crippen LogP contribution >= 0.6 is 0 Å². The molecule has 0 aliphatic heterocycles. The summed E-state index contributed by atoms with van der Waals surface area (Å²) < 4.78 is 0. The summed E-state index contributed by atoms with van der Waals surface area (Å²) in [6.07, 6.45) is 1.21. The lowest BCUT2D eigenvalue weighted by Crippen LogP contribution is -2.20. The molecule has 0 N–H and O–H groups in total. The smallest absolute Gasteiger partial charge is 0.0445 e. The maximum atomic E-state index is 2.46. The van der Waals surface area contributed by atoms with E-state index in [4.69, 9.17) is 0 Å². The van der Waals surface area contributed by atoms with Crippen molar-refractivity contribution in [1.29, 1.82) is 0 Å². The van der Waals surface area contributed by atoms with Crippen molar-refractivity contribution in [2.75, 3.05) is 0 Å². The third-order valence-electron chi connectivity index (χ3n) is 4.44. The van der Waals surface area contributed by atoms with Gasteiger partial charge in [0.15, 0.2) is 0 Å². The van der Waals surface area contributed by atoms with E-state index in [2.05, 4.69) is 75.1 Å². The Kier molecular flexibility index (Phi) is 3.62. The van der Waals surface area contributed by atoms with Gasteiger partial charge < -0.3 is 0 Å². The van der Waals surface area contributed by atoms with E-state index >= 15 is 0 Å². The Morgan fingerprint density at radius 2 is 1.14 bits per heavy atom. The van der Waals surface area contributed by atoms with E-state index in [1.807, 2.05) is 0 Å². The molecule has 0 heterocycles. The van der Waals surface area contributed by atoms with E-state index in [1.165, 1.54) is 39.6 Å². The molecule has 0 nitrogen and oxygen atoms in total. The Morgan fingerprint density at radius 3 is 1.57 bits per heavy atom. The first kappa shape index (κ1) is 14.3. The summed E-state index contributed by atoms with van der Waals surface area (Å²) in [5.74, 6) is 0. The highest BCUT2D eigenvalue weighted by Crippen LogP contribution is 2.33. The van der Waals surface area contributed by atoms with Crippen LogP contribution in [0.4, 0.5) is 0 Å².